The molecule has 2 heteroatoms. The second kappa shape index (κ2) is 8.92. The Morgan fingerprint density at radius 2 is 1.75 bits per heavy atom. The predicted molar refractivity (Wildman–Crippen MR) is 133 cm³/mol. The maximum atomic E-state index is 5.50. The highest BCUT2D eigenvalue weighted by molar-refractivity contribution is 5.88. The number of rotatable bonds is 7. The minimum absolute atomic E-state index is 0.380. The lowest BCUT2D eigenvalue weighted by Gasteiger charge is -2.36. The Morgan fingerprint density at radius 3 is 2.47 bits per heavy atom. The van der Waals surface area contributed by atoms with Gasteiger partial charge in [-0.3, -0.25) is 0 Å². The van der Waals surface area contributed by atoms with Crippen molar-refractivity contribution in [3.63, 3.8) is 0 Å². The topological polar surface area (TPSA) is 18.5 Å². The molecule has 2 aromatic rings. The average molecular weight is 423 g/mol. The molecule has 2 nitrogen and oxygen atoms in total. The third kappa shape index (κ3) is 3.46. The summed E-state index contributed by atoms with van der Waals surface area (Å²) in [6.45, 7) is 13.8. The van der Waals surface area contributed by atoms with Crippen molar-refractivity contribution in [2.24, 2.45) is 5.92 Å². The summed E-state index contributed by atoms with van der Waals surface area (Å²) in [7, 11) is 0. The van der Waals surface area contributed by atoms with E-state index in [0.29, 0.717) is 5.92 Å². The van der Waals surface area contributed by atoms with E-state index in [9.17, 15) is 0 Å². The Hall–Kier alpha value is -3.52. The number of fused-ring (bicyclic) bond motifs is 2. The van der Waals surface area contributed by atoms with E-state index >= 15 is 0 Å². The molecule has 0 heterocycles. The summed E-state index contributed by atoms with van der Waals surface area (Å²) in [5, 5.41) is 0. The fraction of sp³-hybridized carbons (Fsp3) is 0.200. The first-order valence-electron chi connectivity index (χ1n) is 11.1. The summed E-state index contributed by atoms with van der Waals surface area (Å²) >= 11 is 0. The molecule has 4 rings (SSSR count). The van der Waals surface area contributed by atoms with Crippen LogP contribution in [0.15, 0.2) is 115 Å². The molecule has 32 heavy (non-hydrogen) atoms. The molecule has 2 aliphatic rings. The van der Waals surface area contributed by atoms with E-state index in [1.807, 2.05) is 25.1 Å². The maximum Gasteiger partial charge on any atom is 0.126 e. The van der Waals surface area contributed by atoms with Crippen LogP contribution < -0.4 is 4.74 Å². The third-order valence-electron chi connectivity index (χ3n) is 6.52. The zero-order chi connectivity index (χ0) is 22.7. The van der Waals surface area contributed by atoms with Gasteiger partial charge in [0, 0.05) is 0 Å². The van der Waals surface area contributed by atoms with Gasteiger partial charge in [-0.2, -0.15) is 0 Å². The van der Waals surface area contributed by atoms with Crippen LogP contribution in [0.5, 0.6) is 5.75 Å². The fourth-order valence-electron chi connectivity index (χ4n) is 5.17. The molecular weight excluding hydrogens is 392 g/mol. The van der Waals surface area contributed by atoms with Crippen LogP contribution in [0.3, 0.4) is 0 Å². The lowest BCUT2D eigenvalue weighted by Crippen LogP contribution is -2.29. The van der Waals surface area contributed by atoms with Gasteiger partial charge in [-0.1, -0.05) is 80.3 Å². The summed E-state index contributed by atoms with van der Waals surface area (Å²) in [6, 6.07) is 17.2. The van der Waals surface area contributed by atoms with Crippen molar-refractivity contribution in [1.29, 1.82) is 0 Å². The van der Waals surface area contributed by atoms with Gasteiger partial charge >= 0.3 is 0 Å². The largest absolute Gasteiger partial charge is 0.470 e. The minimum Gasteiger partial charge on any atom is -0.470 e. The first-order valence-corrected chi connectivity index (χ1v) is 11.1. The molecule has 0 saturated heterocycles. The Labute approximate surface area is 191 Å². The Kier molecular flexibility index (Phi) is 6.05. The summed E-state index contributed by atoms with van der Waals surface area (Å²) in [4.78, 5) is 0. The Balaban J connectivity index is 2.01. The van der Waals surface area contributed by atoms with Crippen LogP contribution in [0.1, 0.15) is 43.9 Å². The van der Waals surface area contributed by atoms with E-state index < -0.39 is 0 Å². The van der Waals surface area contributed by atoms with E-state index in [4.69, 9.17) is 9.47 Å². The van der Waals surface area contributed by atoms with Crippen molar-refractivity contribution in [1.82, 2.24) is 0 Å². The van der Waals surface area contributed by atoms with Crippen LogP contribution in [-0.4, -0.2) is 0 Å². The molecule has 2 atom stereocenters. The fourth-order valence-corrected chi connectivity index (χ4v) is 5.17. The van der Waals surface area contributed by atoms with Crippen LogP contribution in [0.25, 0.3) is 5.57 Å². The van der Waals surface area contributed by atoms with Gasteiger partial charge in [0.1, 0.15) is 11.5 Å². The first kappa shape index (κ1) is 21.7. The van der Waals surface area contributed by atoms with E-state index in [1.165, 1.54) is 45.9 Å². The van der Waals surface area contributed by atoms with Crippen LogP contribution in [0, 0.1) is 5.92 Å². The van der Waals surface area contributed by atoms with Crippen molar-refractivity contribution >= 4 is 5.57 Å². The van der Waals surface area contributed by atoms with E-state index in [2.05, 4.69) is 81.6 Å². The number of hydrogen-bond acceptors (Lipinski definition) is 2. The van der Waals surface area contributed by atoms with Crippen LogP contribution in [-0.2, 0) is 10.2 Å². The SMILES string of the molecule is C=CO/C(C)=C/C=C(\C)C1(c2ccc(OC=C)cc2)C2=C(c3ccccc31)C(C)CC=C2. The molecule has 2 unspecified atom stereocenters. The van der Waals surface area contributed by atoms with E-state index in [1.54, 1.807) is 0 Å². The second-order valence-electron chi connectivity index (χ2n) is 8.38. The average Bonchev–Trinajstić information content (AvgIpc) is 3.11. The van der Waals surface area contributed by atoms with Crippen LogP contribution in [0.4, 0.5) is 0 Å². The van der Waals surface area contributed by atoms with Gasteiger partial charge in [-0.15, -0.1) is 0 Å². The number of hydrogen-bond donors (Lipinski definition) is 0. The number of benzene rings is 2. The van der Waals surface area contributed by atoms with Crippen LogP contribution in [0.2, 0.25) is 0 Å². The van der Waals surface area contributed by atoms with Gasteiger partial charge < -0.3 is 9.47 Å². The molecule has 0 amide bonds. The Bertz CT molecular complexity index is 1160. The number of ether oxygens (including phenoxy) is 2. The van der Waals surface area contributed by atoms with Gasteiger partial charge in [-0.25, -0.2) is 0 Å². The molecule has 0 aliphatic heterocycles. The van der Waals surface area contributed by atoms with Gasteiger partial charge in [0.05, 0.1) is 17.9 Å². The third-order valence-corrected chi connectivity index (χ3v) is 6.52. The van der Waals surface area contributed by atoms with Crippen molar-refractivity contribution in [2.45, 2.75) is 32.6 Å². The van der Waals surface area contributed by atoms with Gasteiger partial charge in [0.2, 0.25) is 0 Å². The zero-order valence-corrected chi connectivity index (χ0v) is 19.1. The summed E-state index contributed by atoms with van der Waals surface area (Å²) in [5.74, 6) is 2.05. The van der Waals surface area contributed by atoms with Crippen molar-refractivity contribution in [3.8, 4) is 5.75 Å². The smallest absolute Gasteiger partial charge is 0.126 e. The summed E-state index contributed by atoms with van der Waals surface area (Å²) < 4.78 is 11.0. The molecule has 2 aromatic carbocycles. The normalized spacial score (nSPS) is 22.3. The van der Waals surface area contributed by atoms with Gasteiger partial charge in [0.25, 0.3) is 0 Å². The maximum absolute atomic E-state index is 5.50. The second-order valence-corrected chi connectivity index (χ2v) is 8.38. The van der Waals surface area contributed by atoms with Crippen molar-refractivity contribution < 1.29 is 9.47 Å². The number of allylic oxidation sites excluding steroid dienone is 8. The zero-order valence-electron chi connectivity index (χ0n) is 19.1. The van der Waals surface area contributed by atoms with Crippen molar-refractivity contribution in [3.05, 3.63) is 132 Å². The molecule has 162 valence electrons. The van der Waals surface area contributed by atoms with Crippen molar-refractivity contribution in [2.75, 3.05) is 0 Å². The van der Waals surface area contributed by atoms with E-state index in [0.717, 1.165) is 17.9 Å². The molecule has 0 N–H and O–H groups in total. The monoisotopic (exact) mass is 422 g/mol. The quantitative estimate of drug-likeness (QED) is 0.334. The first-order chi connectivity index (χ1) is 15.5. The highest BCUT2D eigenvalue weighted by Gasteiger charge is 2.47. The highest BCUT2D eigenvalue weighted by atomic mass is 16.5. The summed E-state index contributed by atoms with van der Waals surface area (Å²) in [5.41, 5.74) is 7.55. The lowest BCUT2D eigenvalue weighted by molar-refractivity contribution is 0.355. The molecule has 0 fully saturated rings. The Morgan fingerprint density at radius 1 is 1.00 bits per heavy atom. The predicted octanol–water partition coefficient (Wildman–Crippen LogP) is 7.87. The molecule has 0 radical (unpaired) electrons. The highest BCUT2D eigenvalue weighted by Crippen LogP contribution is 2.58. The minimum atomic E-state index is -0.380. The van der Waals surface area contributed by atoms with E-state index in [-0.39, 0.29) is 5.41 Å². The summed E-state index contributed by atoms with van der Waals surface area (Å²) in [6.07, 6.45) is 12.8. The molecule has 2 aliphatic carbocycles. The molecule has 0 bridgehead atoms. The molecular formula is C30H30O2. The molecule has 0 spiro atoms. The van der Waals surface area contributed by atoms with Gasteiger partial charge in [0.15, 0.2) is 0 Å². The lowest BCUT2D eigenvalue weighted by atomic mass is 9.66. The van der Waals surface area contributed by atoms with Crippen LogP contribution >= 0.6 is 0 Å². The molecule has 0 aromatic heterocycles. The standard InChI is InChI=1S/C30H30O2/c1-6-31-23(5)16-15-22(4)30(24-17-19-25(20-18-24)32-7-2)27-13-9-8-12-26(27)29-21(3)11-10-14-28(29)30/h6-10,12-21H,1-2,11H2,3-5H3/b22-15+,23-16+. The van der Waals surface area contributed by atoms with Gasteiger partial charge in [-0.05, 0) is 72.2 Å². The molecule has 0 saturated carbocycles.